The average molecular weight is 424 g/mol. The zero-order chi connectivity index (χ0) is 21.0. The van der Waals surface area contributed by atoms with Crippen LogP contribution in [0, 0.1) is 12.0 Å². The van der Waals surface area contributed by atoms with Gasteiger partial charge in [-0.05, 0) is 61.3 Å². The summed E-state index contributed by atoms with van der Waals surface area (Å²) in [7, 11) is 0. The molecule has 1 N–H and O–H groups in total. The maximum absolute atomic E-state index is 10.6. The molecule has 30 heavy (non-hydrogen) atoms. The first kappa shape index (κ1) is 20.9. The van der Waals surface area contributed by atoms with E-state index in [1.165, 1.54) is 5.56 Å². The Labute approximate surface area is 181 Å². The number of ether oxygens (including phenoxy) is 2. The fourth-order valence-electron chi connectivity index (χ4n) is 4.50. The number of nitrogens with zero attached hydrogens (tertiary/aromatic N) is 1. The summed E-state index contributed by atoms with van der Waals surface area (Å²) in [6.07, 6.45) is 4.96. The van der Waals surface area contributed by atoms with Crippen molar-refractivity contribution in [2.45, 2.75) is 47.5 Å². The summed E-state index contributed by atoms with van der Waals surface area (Å²) in [6.45, 7) is 8.14. The summed E-state index contributed by atoms with van der Waals surface area (Å²) in [5, 5.41) is 8.72. The summed E-state index contributed by atoms with van der Waals surface area (Å²) in [5.74, 6) is -0.923. The van der Waals surface area contributed by atoms with Crippen molar-refractivity contribution in [1.29, 1.82) is 0 Å². The predicted molar refractivity (Wildman–Crippen MR) is 115 cm³/mol. The topological polar surface area (TPSA) is 60.1 Å². The summed E-state index contributed by atoms with van der Waals surface area (Å²) in [5.41, 5.74) is 1.77. The number of aliphatic carboxylic acids is 1. The van der Waals surface area contributed by atoms with Crippen molar-refractivity contribution in [2.75, 3.05) is 19.8 Å². The van der Waals surface area contributed by atoms with Crippen LogP contribution in [0.25, 0.3) is 4.85 Å². The second-order valence-electron chi connectivity index (χ2n) is 8.22. The second-order valence-corrected chi connectivity index (χ2v) is 9.37. The van der Waals surface area contributed by atoms with Crippen molar-refractivity contribution >= 4 is 23.4 Å². The normalized spacial score (nSPS) is 25.0. The van der Waals surface area contributed by atoms with E-state index in [4.69, 9.17) is 21.2 Å². The number of carboxylic acids is 1. The lowest BCUT2D eigenvalue weighted by atomic mass is 9.63. The van der Waals surface area contributed by atoms with Crippen LogP contribution in [0.4, 0.5) is 5.69 Å². The van der Waals surface area contributed by atoms with Crippen LogP contribution < -0.4 is 0 Å². The van der Waals surface area contributed by atoms with Gasteiger partial charge in [0.25, 0.3) is 0 Å². The summed E-state index contributed by atoms with van der Waals surface area (Å²) in [6, 6.07) is 16.3. The number of hydrogen-bond acceptors (Lipinski definition) is 4. The van der Waals surface area contributed by atoms with E-state index < -0.39 is 5.97 Å². The fraction of sp³-hybridized carbons (Fsp3) is 0.417. The molecular weight excluding hydrogens is 398 g/mol. The molecule has 0 radical (unpaired) electrons. The van der Waals surface area contributed by atoms with Gasteiger partial charge in [0, 0.05) is 16.4 Å². The lowest BCUT2D eigenvalue weighted by Gasteiger charge is -2.53. The molecule has 0 atom stereocenters. The zero-order valence-electron chi connectivity index (χ0n) is 16.8. The van der Waals surface area contributed by atoms with Crippen molar-refractivity contribution in [3.8, 4) is 0 Å². The van der Waals surface area contributed by atoms with Crippen LogP contribution in [0.1, 0.15) is 37.7 Å². The molecule has 0 spiro atoms. The summed E-state index contributed by atoms with van der Waals surface area (Å²) >= 11 is 1.67. The third-order valence-electron chi connectivity index (χ3n) is 6.32. The van der Waals surface area contributed by atoms with Gasteiger partial charge in [0.2, 0.25) is 0 Å². The van der Waals surface area contributed by atoms with Gasteiger partial charge in [-0.25, -0.2) is 9.64 Å². The Balaban J connectivity index is 1.41. The quantitative estimate of drug-likeness (QED) is 0.438. The largest absolute Gasteiger partial charge is 0.480 e. The lowest BCUT2D eigenvalue weighted by Crippen LogP contribution is -2.49. The first-order valence-corrected chi connectivity index (χ1v) is 11.0. The maximum Gasteiger partial charge on any atom is 0.329 e. The highest BCUT2D eigenvalue weighted by Crippen LogP contribution is 2.55. The Morgan fingerprint density at radius 1 is 1.13 bits per heavy atom. The third kappa shape index (κ3) is 4.54. The van der Waals surface area contributed by atoms with E-state index in [1.54, 1.807) is 11.8 Å². The van der Waals surface area contributed by atoms with Crippen LogP contribution in [0.15, 0.2) is 58.3 Å². The first-order valence-electron chi connectivity index (χ1n) is 10.2. The maximum atomic E-state index is 10.6. The molecule has 2 bridgehead atoms. The standard InChI is InChI=1S/C24H25NO4S/c1-25-19-5-3-7-21(15-19)30-20-6-2-4-18(14-20)24-10-8-23(9-11-24,17-29-24)12-13-28-16-22(26)27/h2-7,14-15H,8-13,16-17H2,(H,26,27). The van der Waals surface area contributed by atoms with Crippen molar-refractivity contribution < 1.29 is 19.4 Å². The number of carboxylic acid groups (broad SMARTS) is 1. The smallest absolute Gasteiger partial charge is 0.329 e. The molecule has 156 valence electrons. The molecule has 5 nitrogen and oxygen atoms in total. The fourth-order valence-corrected chi connectivity index (χ4v) is 5.43. The Kier molecular flexibility index (Phi) is 6.14. The molecule has 1 saturated carbocycles. The molecule has 0 unspecified atom stereocenters. The minimum atomic E-state index is -0.923. The van der Waals surface area contributed by atoms with Crippen LogP contribution in [-0.4, -0.2) is 30.9 Å². The Morgan fingerprint density at radius 2 is 1.87 bits per heavy atom. The van der Waals surface area contributed by atoms with Gasteiger partial charge in [-0.2, -0.15) is 0 Å². The number of benzene rings is 2. The van der Waals surface area contributed by atoms with E-state index in [2.05, 4.69) is 29.1 Å². The molecule has 2 saturated heterocycles. The van der Waals surface area contributed by atoms with Crippen molar-refractivity contribution in [2.24, 2.45) is 5.41 Å². The Hall–Kier alpha value is -2.33. The predicted octanol–water partition coefficient (Wildman–Crippen LogP) is 5.67. The number of rotatable bonds is 8. The van der Waals surface area contributed by atoms with Crippen molar-refractivity contribution in [3.63, 3.8) is 0 Å². The first-order chi connectivity index (χ1) is 14.5. The van der Waals surface area contributed by atoms with E-state index in [9.17, 15) is 4.79 Å². The van der Waals surface area contributed by atoms with Gasteiger partial charge in [-0.15, -0.1) is 0 Å². The highest BCUT2D eigenvalue weighted by molar-refractivity contribution is 7.99. The van der Waals surface area contributed by atoms with E-state index in [-0.39, 0.29) is 17.6 Å². The molecule has 0 amide bonds. The molecule has 2 heterocycles. The molecular formula is C24H25NO4S. The minimum absolute atomic E-state index is 0.118. The van der Waals surface area contributed by atoms with Gasteiger partial charge < -0.3 is 14.6 Å². The van der Waals surface area contributed by atoms with Crippen molar-refractivity contribution in [1.82, 2.24) is 0 Å². The van der Waals surface area contributed by atoms with E-state index in [1.807, 2.05) is 24.3 Å². The monoisotopic (exact) mass is 423 g/mol. The molecule has 1 aliphatic carbocycles. The molecule has 3 aliphatic rings. The van der Waals surface area contributed by atoms with Crippen LogP contribution in [0.3, 0.4) is 0 Å². The highest BCUT2D eigenvalue weighted by atomic mass is 32.2. The molecule has 2 aromatic carbocycles. The van der Waals surface area contributed by atoms with Gasteiger partial charge in [-0.1, -0.05) is 42.1 Å². The van der Waals surface area contributed by atoms with E-state index >= 15 is 0 Å². The summed E-state index contributed by atoms with van der Waals surface area (Å²) < 4.78 is 11.7. The lowest BCUT2D eigenvalue weighted by molar-refractivity contribution is -0.194. The van der Waals surface area contributed by atoms with Crippen LogP contribution in [0.2, 0.25) is 0 Å². The summed E-state index contributed by atoms with van der Waals surface area (Å²) in [4.78, 5) is 16.3. The minimum Gasteiger partial charge on any atom is -0.480 e. The Bertz CT molecular complexity index is 943. The van der Waals surface area contributed by atoms with Gasteiger partial charge in [-0.3, -0.25) is 0 Å². The van der Waals surface area contributed by atoms with Gasteiger partial charge in [0.05, 0.1) is 18.8 Å². The van der Waals surface area contributed by atoms with E-state index in [0.717, 1.165) is 41.9 Å². The van der Waals surface area contributed by atoms with Crippen LogP contribution in [-0.2, 0) is 19.9 Å². The number of carbonyl (C=O) groups is 1. The SMILES string of the molecule is [C-]#[N+]c1cccc(Sc2cccc(C34CCC(CCOCC(=O)O)(CC3)CO4)c2)c1. The molecule has 0 aromatic heterocycles. The number of fused-ring (bicyclic) bond motifs is 3. The molecule has 2 aromatic rings. The van der Waals surface area contributed by atoms with E-state index in [0.29, 0.717) is 18.9 Å². The second kappa shape index (κ2) is 8.81. The van der Waals surface area contributed by atoms with Gasteiger partial charge in [0.1, 0.15) is 6.61 Å². The van der Waals surface area contributed by atoms with Crippen molar-refractivity contribution in [3.05, 3.63) is 65.5 Å². The highest BCUT2D eigenvalue weighted by Gasteiger charge is 2.50. The van der Waals surface area contributed by atoms with Crippen LogP contribution in [0.5, 0.6) is 0 Å². The van der Waals surface area contributed by atoms with Gasteiger partial charge in [0.15, 0.2) is 5.69 Å². The molecule has 2 aliphatic heterocycles. The third-order valence-corrected chi connectivity index (χ3v) is 7.30. The average Bonchev–Trinajstić information content (AvgIpc) is 2.78. The molecule has 6 heteroatoms. The Morgan fingerprint density at radius 3 is 2.53 bits per heavy atom. The van der Waals surface area contributed by atoms with Crippen LogP contribution >= 0.6 is 11.8 Å². The van der Waals surface area contributed by atoms with Gasteiger partial charge >= 0.3 is 5.97 Å². The molecule has 3 fully saturated rings. The number of hydrogen-bond donors (Lipinski definition) is 1. The molecule has 5 rings (SSSR count). The zero-order valence-corrected chi connectivity index (χ0v) is 17.6.